The van der Waals surface area contributed by atoms with E-state index in [1.807, 2.05) is 13.8 Å². The van der Waals surface area contributed by atoms with Crippen LogP contribution in [0.2, 0.25) is 5.15 Å². The molecule has 100 valence electrons. The second-order valence-electron chi connectivity index (χ2n) is 5.48. The highest BCUT2D eigenvalue weighted by atomic mass is 35.5. The molecule has 1 unspecified atom stereocenters. The molecule has 2 heterocycles. The molecule has 4 nitrogen and oxygen atoms in total. The summed E-state index contributed by atoms with van der Waals surface area (Å²) in [4.78, 5) is 8.75. The van der Waals surface area contributed by atoms with Crippen molar-refractivity contribution in [3.05, 3.63) is 16.5 Å². The van der Waals surface area contributed by atoms with E-state index in [1.54, 1.807) is 0 Å². The Morgan fingerprint density at radius 3 is 2.61 bits per heavy atom. The van der Waals surface area contributed by atoms with E-state index in [9.17, 15) is 0 Å². The third kappa shape index (κ3) is 3.12. The third-order valence-electron chi connectivity index (χ3n) is 3.30. The molecule has 1 atom stereocenters. The summed E-state index contributed by atoms with van der Waals surface area (Å²) in [6, 6.07) is 0.336. The fraction of sp³-hybridized carbons (Fsp3) is 0.692. The molecule has 0 saturated carbocycles. The Labute approximate surface area is 113 Å². The summed E-state index contributed by atoms with van der Waals surface area (Å²) in [7, 11) is 0. The van der Waals surface area contributed by atoms with Gasteiger partial charge >= 0.3 is 0 Å². The smallest absolute Gasteiger partial charge is 0.171 e. The molecule has 1 aliphatic heterocycles. The van der Waals surface area contributed by atoms with Crippen LogP contribution in [0.5, 0.6) is 0 Å². The van der Waals surface area contributed by atoms with E-state index in [4.69, 9.17) is 16.3 Å². The summed E-state index contributed by atoms with van der Waals surface area (Å²) in [5.74, 6) is 0.683. The lowest BCUT2D eigenvalue weighted by Gasteiger charge is -2.36. The normalized spacial score (nSPS) is 22.8. The summed E-state index contributed by atoms with van der Waals surface area (Å²) >= 11 is 6.12. The Bertz CT molecular complexity index is 448. The van der Waals surface area contributed by atoms with Crippen LogP contribution in [0.25, 0.3) is 0 Å². The number of halogens is 1. The number of anilines is 1. The Hall–Kier alpha value is -0.870. The van der Waals surface area contributed by atoms with Gasteiger partial charge in [-0.05, 0) is 40.5 Å². The first-order chi connectivity index (χ1) is 8.37. The topological polar surface area (TPSA) is 47.0 Å². The van der Waals surface area contributed by atoms with E-state index in [2.05, 4.69) is 29.1 Å². The number of nitrogens with one attached hydrogen (secondary N) is 1. The quantitative estimate of drug-likeness (QED) is 0.896. The van der Waals surface area contributed by atoms with Crippen molar-refractivity contribution in [2.75, 3.05) is 11.9 Å². The molecule has 1 fully saturated rings. The average Bonchev–Trinajstić information content (AvgIpc) is 2.24. The Kier molecular flexibility index (Phi) is 3.78. The van der Waals surface area contributed by atoms with Crippen LogP contribution in [0.4, 0.5) is 5.82 Å². The summed E-state index contributed by atoms with van der Waals surface area (Å²) in [5, 5.41) is 3.83. The molecule has 1 aromatic heterocycles. The molecular formula is C13H20ClN3O. The summed E-state index contributed by atoms with van der Waals surface area (Å²) in [6.07, 6.45) is 1.91. The zero-order chi connectivity index (χ0) is 13.3. The van der Waals surface area contributed by atoms with Gasteiger partial charge in [-0.2, -0.15) is 0 Å². The zero-order valence-corrected chi connectivity index (χ0v) is 12.1. The fourth-order valence-electron chi connectivity index (χ4n) is 2.22. The highest BCUT2D eigenvalue weighted by Gasteiger charge is 2.29. The van der Waals surface area contributed by atoms with Crippen LogP contribution < -0.4 is 5.32 Å². The van der Waals surface area contributed by atoms with Gasteiger partial charge in [-0.3, -0.25) is 0 Å². The van der Waals surface area contributed by atoms with E-state index >= 15 is 0 Å². The van der Waals surface area contributed by atoms with E-state index in [1.165, 1.54) is 0 Å². The van der Waals surface area contributed by atoms with Crippen LogP contribution in [0, 0.1) is 13.8 Å². The lowest BCUT2D eigenvalue weighted by atomic mass is 9.94. The maximum absolute atomic E-state index is 6.12. The molecule has 5 heteroatoms. The number of hydrogen-bond acceptors (Lipinski definition) is 4. The first kappa shape index (κ1) is 13.6. The van der Waals surface area contributed by atoms with Gasteiger partial charge in [0, 0.05) is 12.6 Å². The van der Waals surface area contributed by atoms with Gasteiger partial charge in [-0.25, -0.2) is 9.97 Å². The molecule has 0 bridgehead atoms. The highest BCUT2D eigenvalue weighted by Crippen LogP contribution is 2.27. The van der Waals surface area contributed by atoms with Crippen molar-refractivity contribution in [3.63, 3.8) is 0 Å². The van der Waals surface area contributed by atoms with Crippen molar-refractivity contribution in [1.82, 2.24) is 9.97 Å². The molecule has 18 heavy (non-hydrogen) atoms. The van der Waals surface area contributed by atoms with Crippen LogP contribution in [-0.2, 0) is 4.74 Å². The number of ether oxygens (including phenoxy) is 1. The molecular weight excluding hydrogens is 250 g/mol. The van der Waals surface area contributed by atoms with Crippen molar-refractivity contribution < 1.29 is 4.74 Å². The molecule has 0 aliphatic carbocycles. The second kappa shape index (κ2) is 5.02. The number of hydrogen-bond donors (Lipinski definition) is 1. The van der Waals surface area contributed by atoms with Crippen LogP contribution in [0.1, 0.15) is 38.1 Å². The van der Waals surface area contributed by atoms with Gasteiger partial charge in [0.15, 0.2) is 11.0 Å². The van der Waals surface area contributed by atoms with Gasteiger partial charge in [-0.15, -0.1) is 0 Å². The van der Waals surface area contributed by atoms with E-state index < -0.39 is 0 Å². The Balaban J connectivity index is 2.12. The van der Waals surface area contributed by atoms with Crippen molar-refractivity contribution >= 4 is 17.4 Å². The molecule has 1 saturated heterocycles. The molecule has 0 aromatic carbocycles. The SMILES string of the molecule is Cc1nc(Cl)c(NC2CCOC(C)(C)C2)nc1C. The predicted molar refractivity (Wildman–Crippen MR) is 73.2 cm³/mol. The molecule has 2 rings (SSSR count). The minimum Gasteiger partial charge on any atom is -0.375 e. The maximum atomic E-state index is 6.12. The summed E-state index contributed by atoms with van der Waals surface area (Å²) in [6.45, 7) is 8.83. The van der Waals surface area contributed by atoms with Crippen molar-refractivity contribution in [3.8, 4) is 0 Å². The van der Waals surface area contributed by atoms with Crippen molar-refractivity contribution in [1.29, 1.82) is 0 Å². The van der Waals surface area contributed by atoms with Gasteiger partial charge < -0.3 is 10.1 Å². The first-order valence-electron chi connectivity index (χ1n) is 6.28. The first-order valence-corrected chi connectivity index (χ1v) is 6.66. The lowest BCUT2D eigenvalue weighted by Crippen LogP contribution is -2.40. The van der Waals surface area contributed by atoms with Gasteiger partial charge in [0.2, 0.25) is 0 Å². The molecule has 0 radical (unpaired) electrons. The molecule has 0 amide bonds. The van der Waals surface area contributed by atoms with Crippen LogP contribution in [0.15, 0.2) is 0 Å². The van der Waals surface area contributed by atoms with Gasteiger partial charge in [0.1, 0.15) is 0 Å². The predicted octanol–water partition coefficient (Wildman–Crippen LogP) is 3.12. The number of aromatic nitrogens is 2. The highest BCUT2D eigenvalue weighted by molar-refractivity contribution is 6.31. The van der Waals surface area contributed by atoms with Crippen LogP contribution in [0.3, 0.4) is 0 Å². The third-order valence-corrected chi connectivity index (χ3v) is 3.57. The van der Waals surface area contributed by atoms with Gasteiger partial charge in [0.05, 0.1) is 17.0 Å². The van der Waals surface area contributed by atoms with E-state index in [0.29, 0.717) is 17.0 Å². The largest absolute Gasteiger partial charge is 0.375 e. The number of nitrogens with zero attached hydrogens (tertiary/aromatic N) is 2. The molecule has 1 aromatic rings. The molecule has 0 spiro atoms. The maximum Gasteiger partial charge on any atom is 0.171 e. The Morgan fingerprint density at radius 2 is 1.94 bits per heavy atom. The lowest BCUT2D eigenvalue weighted by molar-refractivity contribution is -0.0553. The fourth-order valence-corrected chi connectivity index (χ4v) is 2.44. The van der Waals surface area contributed by atoms with Crippen LogP contribution in [-0.4, -0.2) is 28.2 Å². The number of aryl methyl sites for hydroxylation is 2. The molecule has 1 aliphatic rings. The monoisotopic (exact) mass is 269 g/mol. The van der Waals surface area contributed by atoms with Crippen molar-refractivity contribution in [2.24, 2.45) is 0 Å². The standard InChI is InChI=1S/C13H20ClN3O/c1-8-9(2)16-12(11(14)15-8)17-10-5-6-18-13(3,4)7-10/h10H,5-7H2,1-4H3,(H,16,17). The minimum atomic E-state index is -0.0877. The number of rotatable bonds is 2. The van der Waals surface area contributed by atoms with Gasteiger partial charge in [-0.1, -0.05) is 11.6 Å². The summed E-state index contributed by atoms with van der Waals surface area (Å²) in [5.41, 5.74) is 1.70. The zero-order valence-electron chi connectivity index (χ0n) is 11.4. The Morgan fingerprint density at radius 1 is 1.28 bits per heavy atom. The average molecular weight is 270 g/mol. The van der Waals surface area contributed by atoms with Crippen molar-refractivity contribution in [2.45, 2.75) is 52.2 Å². The van der Waals surface area contributed by atoms with E-state index in [0.717, 1.165) is 30.8 Å². The summed E-state index contributed by atoms with van der Waals surface area (Å²) < 4.78 is 5.70. The van der Waals surface area contributed by atoms with Crippen LogP contribution >= 0.6 is 11.6 Å². The molecule has 1 N–H and O–H groups in total. The van der Waals surface area contributed by atoms with Gasteiger partial charge in [0.25, 0.3) is 0 Å². The van der Waals surface area contributed by atoms with E-state index in [-0.39, 0.29) is 5.60 Å². The second-order valence-corrected chi connectivity index (χ2v) is 5.83. The minimum absolute atomic E-state index is 0.0877.